The van der Waals surface area contributed by atoms with E-state index < -0.39 is 12.1 Å². The molecule has 1 aromatic carbocycles. The van der Waals surface area contributed by atoms with E-state index in [1.54, 1.807) is 6.92 Å². The van der Waals surface area contributed by atoms with Gasteiger partial charge in [0.05, 0.1) is 6.61 Å². The lowest BCUT2D eigenvalue weighted by molar-refractivity contribution is -0.153. The monoisotopic (exact) mass is 319 g/mol. The SMILES string of the molecule is CCOC(=O)C(O)CCc1ccc(C2CCCCC2)c(NC)c1. The van der Waals surface area contributed by atoms with Gasteiger partial charge in [0.2, 0.25) is 0 Å². The van der Waals surface area contributed by atoms with Crippen molar-refractivity contribution < 1.29 is 14.6 Å². The average molecular weight is 319 g/mol. The fourth-order valence-corrected chi connectivity index (χ4v) is 3.40. The van der Waals surface area contributed by atoms with E-state index in [2.05, 4.69) is 23.5 Å². The van der Waals surface area contributed by atoms with Crippen LogP contribution >= 0.6 is 0 Å². The third-order valence-corrected chi connectivity index (χ3v) is 4.70. The third-order valence-electron chi connectivity index (χ3n) is 4.70. The van der Waals surface area contributed by atoms with E-state index in [1.165, 1.54) is 43.4 Å². The van der Waals surface area contributed by atoms with Gasteiger partial charge < -0.3 is 15.2 Å². The highest BCUT2D eigenvalue weighted by Gasteiger charge is 2.19. The highest BCUT2D eigenvalue weighted by Crippen LogP contribution is 2.36. The summed E-state index contributed by atoms with van der Waals surface area (Å²) in [4.78, 5) is 11.5. The van der Waals surface area contributed by atoms with Crippen LogP contribution in [0.25, 0.3) is 0 Å². The van der Waals surface area contributed by atoms with Crippen molar-refractivity contribution in [2.45, 2.75) is 63.9 Å². The Morgan fingerprint density at radius 2 is 2.09 bits per heavy atom. The van der Waals surface area contributed by atoms with Crippen LogP contribution in [0.4, 0.5) is 5.69 Å². The number of anilines is 1. The van der Waals surface area contributed by atoms with Crippen molar-refractivity contribution in [1.29, 1.82) is 0 Å². The lowest BCUT2D eigenvalue weighted by atomic mass is 9.83. The number of carbonyl (C=O) groups is 1. The second-order valence-electron chi connectivity index (χ2n) is 6.31. The van der Waals surface area contributed by atoms with Gasteiger partial charge in [-0.1, -0.05) is 31.4 Å². The maximum Gasteiger partial charge on any atom is 0.334 e. The van der Waals surface area contributed by atoms with Crippen molar-refractivity contribution in [1.82, 2.24) is 0 Å². The first-order valence-electron chi connectivity index (χ1n) is 8.81. The molecule has 1 aliphatic rings. The van der Waals surface area contributed by atoms with E-state index >= 15 is 0 Å². The Morgan fingerprint density at radius 1 is 1.35 bits per heavy atom. The minimum Gasteiger partial charge on any atom is -0.464 e. The Bertz CT molecular complexity index is 509. The molecule has 0 amide bonds. The summed E-state index contributed by atoms with van der Waals surface area (Å²) in [5.41, 5.74) is 3.72. The first-order chi connectivity index (χ1) is 11.2. The van der Waals surface area contributed by atoms with Crippen LogP contribution in [0.2, 0.25) is 0 Å². The zero-order valence-electron chi connectivity index (χ0n) is 14.3. The molecule has 1 aliphatic carbocycles. The van der Waals surface area contributed by atoms with Gasteiger partial charge in [0.25, 0.3) is 0 Å². The van der Waals surface area contributed by atoms with Crippen molar-refractivity contribution in [2.24, 2.45) is 0 Å². The zero-order valence-corrected chi connectivity index (χ0v) is 14.3. The van der Waals surface area contributed by atoms with Crippen LogP contribution in [0.15, 0.2) is 18.2 Å². The predicted molar refractivity (Wildman–Crippen MR) is 92.8 cm³/mol. The highest BCUT2D eigenvalue weighted by molar-refractivity contribution is 5.74. The molecule has 2 N–H and O–H groups in total. The molecule has 0 aliphatic heterocycles. The van der Waals surface area contributed by atoms with E-state index in [4.69, 9.17) is 4.74 Å². The molecule has 4 nitrogen and oxygen atoms in total. The molecule has 1 aromatic rings. The molecule has 1 unspecified atom stereocenters. The Balaban J connectivity index is 1.99. The van der Waals surface area contributed by atoms with Crippen LogP contribution in [0, 0.1) is 0 Å². The largest absolute Gasteiger partial charge is 0.464 e. The van der Waals surface area contributed by atoms with Crippen LogP contribution in [0.1, 0.15) is 62.5 Å². The molecule has 0 aromatic heterocycles. The fourth-order valence-electron chi connectivity index (χ4n) is 3.40. The molecule has 23 heavy (non-hydrogen) atoms. The van der Waals surface area contributed by atoms with Gasteiger partial charge in [0, 0.05) is 12.7 Å². The van der Waals surface area contributed by atoms with Gasteiger partial charge in [-0.2, -0.15) is 0 Å². The summed E-state index contributed by atoms with van der Waals surface area (Å²) in [6.45, 7) is 2.05. The fraction of sp³-hybridized carbons (Fsp3) is 0.632. The van der Waals surface area contributed by atoms with E-state index in [9.17, 15) is 9.90 Å². The number of ether oxygens (including phenoxy) is 1. The second-order valence-corrected chi connectivity index (χ2v) is 6.31. The molecule has 128 valence electrons. The molecule has 0 heterocycles. The van der Waals surface area contributed by atoms with E-state index in [1.807, 2.05) is 7.05 Å². The summed E-state index contributed by atoms with van der Waals surface area (Å²) < 4.78 is 4.83. The molecule has 4 heteroatoms. The predicted octanol–water partition coefficient (Wildman–Crippen LogP) is 3.63. The van der Waals surface area contributed by atoms with Crippen LogP contribution in [0.3, 0.4) is 0 Å². The van der Waals surface area contributed by atoms with Crippen LogP contribution in [-0.4, -0.2) is 30.8 Å². The lowest BCUT2D eigenvalue weighted by Gasteiger charge is -2.24. The standard InChI is InChI=1S/C19H29NO3/c1-3-23-19(22)18(21)12-10-14-9-11-16(17(13-14)20-2)15-7-5-4-6-8-15/h9,11,13,15,18,20-21H,3-8,10,12H2,1-2H3. The van der Waals surface area contributed by atoms with Crippen LogP contribution < -0.4 is 5.32 Å². The summed E-state index contributed by atoms with van der Waals surface area (Å²) in [7, 11) is 1.96. The van der Waals surface area contributed by atoms with Gasteiger partial charge in [-0.05, 0) is 55.7 Å². The van der Waals surface area contributed by atoms with Crippen molar-refractivity contribution in [3.8, 4) is 0 Å². The van der Waals surface area contributed by atoms with E-state index in [0.29, 0.717) is 25.4 Å². The number of nitrogens with one attached hydrogen (secondary N) is 1. The summed E-state index contributed by atoms with van der Waals surface area (Å²) in [5.74, 6) is 0.130. The number of aliphatic hydroxyl groups excluding tert-OH is 1. The highest BCUT2D eigenvalue weighted by atomic mass is 16.5. The number of aryl methyl sites for hydroxylation is 1. The molecule has 1 fully saturated rings. The van der Waals surface area contributed by atoms with Gasteiger partial charge in [0.1, 0.15) is 0 Å². The smallest absolute Gasteiger partial charge is 0.334 e. The van der Waals surface area contributed by atoms with Gasteiger partial charge in [0.15, 0.2) is 6.10 Å². The summed E-state index contributed by atoms with van der Waals surface area (Å²) in [6.07, 6.45) is 6.57. The van der Waals surface area contributed by atoms with Crippen molar-refractivity contribution in [3.63, 3.8) is 0 Å². The Morgan fingerprint density at radius 3 is 2.74 bits per heavy atom. The van der Waals surface area contributed by atoms with E-state index in [-0.39, 0.29) is 0 Å². The quantitative estimate of drug-likeness (QED) is 0.754. The Labute approximate surface area is 139 Å². The second kappa shape index (κ2) is 8.92. The molecule has 1 atom stereocenters. The van der Waals surface area contributed by atoms with Gasteiger partial charge in [-0.15, -0.1) is 0 Å². The van der Waals surface area contributed by atoms with Crippen molar-refractivity contribution in [3.05, 3.63) is 29.3 Å². The van der Waals surface area contributed by atoms with Crippen LogP contribution in [0.5, 0.6) is 0 Å². The average Bonchev–Trinajstić information content (AvgIpc) is 2.60. The van der Waals surface area contributed by atoms with Gasteiger partial charge in [-0.25, -0.2) is 4.79 Å². The molecular formula is C19H29NO3. The van der Waals surface area contributed by atoms with E-state index in [0.717, 1.165) is 5.56 Å². The molecule has 2 rings (SSSR count). The lowest BCUT2D eigenvalue weighted by Crippen LogP contribution is -2.23. The minimum atomic E-state index is -1.04. The van der Waals surface area contributed by atoms with Gasteiger partial charge >= 0.3 is 5.97 Å². The maximum absolute atomic E-state index is 11.5. The third kappa shape index (κ3) is 4.96. The molecule has 0 saturated heterocycles. The summed E-state index contributed by atoms with van der Waals surface area (Å²) in [5, 5.41) is 13.1. The zero-order chi connectivity index (χ0) is 16.7. The number of aliphatic hydroxyl groups is 1. The number of rotatable bonds is 7. The molecular weight excluding hydrogens is 290 g/mol. The number of hydrogen-bond donors (Lipinski definition) is 2. The number of benzene rings is 1. The Kier molecular flexibility index (Phi) is 6.90. The molecule has 1 saturated carbocycles. The topological polar surface area (TPSA) is 58.6 Å². The number of esters is 1. The van der Waals surface area contributed by atoms with Crippen molar-refractivity contribution >= 4 is 11.7 Å². The molecule has 0 bridgehead atoms. The first kappa shape index (κ1) is 17.8. The van der Waals surface area contributed by atoms with Gasteiger partial charge in [-0.3, -0.25) is 0 Å². The normalized spacial score (nSPS) is 16.8. The van der Waals surface area contributed by atoms with Crippen LogP contribution in [-0.2, 0) is 16.0 Å². The maximum atomic E-state index is 11.5. The number of hydrogen-bond acceptors (Lipinski definition) is 4. The molecule has 0 radical (unpaired) electrons. The molecule has 0 spiro atoms. The van der Waals surface area contributed by atoms with Crippen molar-refractivity contribution in [2.75, 3.05) is 19.0 Å². The Hall–Kier alpha value is -1.55. The summed E-state index contributed by atoms with van der Waals surface area (Å²) in [6, 6.07) is 6.50. The minimum absolute atomic E-state index is 0.301. The summed E-state index contributed by atoms with van der Waals surface area (Å²) >= 11 is 0. The number of carbonyl (C=O) groups excluding carboxylic acids is 1. The first-order valence-corrected chi connectivity index (χ1v) is 8.81.